The highest BCUT2D eigenvalue weighted by Crippen LogP contribution is 2.23. The van der Waals surface area contributed by atoms with Gasteiger partial charge in [-0.25, -0.2) is 0 Å². The second-order valence-electron chi connectivity index (χ2n) is 8.42. The molecule has 6 nitrogen and oxygen atoms in total. The lowest BCUT2D eigenvalue weighted by Gasteiger charge is -2.35. The molecular formula is C28H28N4O2. The van der Waals surface area contributed by atoms with Gasteiger partial charge in [-0.3, -0.25) is 4.79 Å². The third-order valence-corrected chi connectivity index (χ3v) is 6.29. The molecule has 4 aromatic rings. The summed E-state index contributed by atoms with van der Waals surface area (Å²) in [7, 11) is 0. The molecule has 1 amide bonds. The Hall–Kier alpha value is -3.93. The van der Waals surface area contributed by atoms with E-state index in [1.807, 2.05) is 66.4 Å². The van der Waals surface area contributed by atoms with Gasteiger partial charge in [-0.15, -0.1) is 10.2 Å². The molecule has 1 aliphatic rings. The number of benzene rings is 3. The molecule has 1 aliphatic heterocycles. The molecule has 0 atom stereocenters. The summed E-state index contributed by atoms with van der Waals surface area (Å²) in [5, 5.41) is 11.2. The van der Waals surface area contributed by atoms with Crippen molar-refractivity contribution in [3.63, 3.8) is 0 Å². The zero-order chi connectivity index (χ0) is 23.3. The molecule has 1 fully saturated rings. The van der Waals surface area contributed by atoms with E-state index in [4.69, 9.17) is 4.74 Å². The summed E-state index contributed by atoms with van der Waals surface area (Å²) >= 11 is 0. The van der Waals surface area contributed by atoms with Crippen molar-refractivity contribution in [1.82, 2.24) is 15.1 Å². The maximum atomic E-state index is 13.0. The van der Waals surface area contributed by atoms with E-state index in [-0.39, 0.29) is 5.91 Å². The van der Waals surface area contributed by atoms with Gasteiger partial charge in [0, 0.05) is 31.7 Å². The van der Waals surface area contributed by atoms with Gasteiger partial charge in [-0.05, 0) is 59.7 Å². The van der Waals surface area contributed by atoms with Crippen molar-refractivity contribution in [2.75, 3.05) is 37.7 Å². The maximum absolute atomic E-state index is 13.0. The lowest BCUT2D eigenvalue weighted by atomic mass is 10.0. The van der Waals surface area contributed by atoms with E-state index in [9.17, 15) is 4.79 Å². The number of carbonyl (C=O) groups excluding carboxylic acids is 1. The van der Waals surface area contributed by atoms with Gasteiger partial charge in [-0.2, -0.15) is 0 Å². The number of amides is 1. The van der Waals surface area contributed by atoms with Gasteiger partial charge in [-0.1, -0.05) is 42.5 Å². The molecule has 0 aliphatic carbocycles. The van der Waals surface area contributed by atoms with Crippen molar-refractivity contribution in [3.05, 3.63) is 84.4 Å². The molecule has 0 radical (unpaired) electrons. The van der Waals surface area contributed by atoms with E-state index < -0.39 is 0 Å². The molecule has 0 saturated carbocycles. The predicted molar refractivity (Wildman–Crippen MR) is 135 cm³/mol. The van der Waals surface area contributed by atoms with Crippen LogP contribution in [-0.2, 0) is 11.2 Å². The van der Waals surface area contributed by atoms with Crippen LogP contribution < -0.4 is 9.64 Å². The quantitative estimate of drug-likeness (QED) is 0.428. The lowest BCUT2D eigenvalue weighted by Crippen LogP contribution is -2.49. The van der Waals surface area contributed by atoms with Crippen molar-refractivity contribution >= 4 is 22.5 Å². The van der Waals surface area contributed by atoms with E-state index >= 15 is 0 Å². The average Bonchev–Trinajstić information content (AvgIpc) is 2.90. The molecule has 0 spiro atoms. The minimum absolute atomic E-state index is 0.174. The Bertz CT molecular complexity index is 1260. The highest BCUT2D eigenvalue weighted by molar-refractivity contribution is 5.90. The van der Waals surface area contributed by atoms with Gasteiger partial charge >= 0.3 is 0 Å². The fourth-order valence-corrected chi connectivity index (χ4v) is 4.44. The van der Waals surface area contributed by atoms with E-state index in [2.05, 4.69) is 39.4 Å². The molecule has 34 heavy (non-hydrogen) atoms. The van der Waals surface area contributed by atoms with Crippen LogP contribution >= 0.6 is 0 Å². The molecule has 5 rings (SSSR count). The number of hydrogen-bond acceptors (Lipinski definition) is 5. The predicted octanol–water partition coefficient (Wildman–Crippen LogP) is 4.59. The average molecular weight is 453 g/mol. The first kappa shape index (κ1) is 21.9. The van der Waals surface area contributed by atoms with Crippen LogP contribution in [0.5, 0.6) is 5.75 Å². The molecule has 3 aromatic carbocycles. The second kappa shape index (κ2) is 9.91. The number of fused-ring (bicyclic) bond motifs is 1. The number of ether oxygens (including phenoxy) is 1. The van der Waals surface area contributed by atoms with Gasteiger partial charge < -0.3 is 14.5 Å². The van der Waals surface area contributed by atoms with Crippen LogP contribution in [0.2, 0.25) is 0 Å². The molecule has 172 valence electrons. The fourth-order valence-electron chi connectivity index (χ4n) is 4.44. The third-order valence-electron chi connectivity index (χ3n) is 6.29. The summed E-state index contributed by atoms with van der Waals surface area (Å²) in [5.74, 6) is 1.87. The maximum Gasteiger partial charge on any atom is 0.227 e. The molecule has 0 N–H and O–H groups in total. The van der Waals surface area contributed by atoms with Gasteiger partial charge in [0.1, 0.15) is 5.75 Å². The van der Waals surface area contributed by atoms with E-state index in [0.717, 1.165) is 46.9 Å². The van der Waals surface area contributed by atoms with Crippen LogP contribution in [0.15, 0.2) is 78.9 Å². The highest BCUT2D eigenvalue weighted by Gasteiger charge is 2.22. The Morgan fingerprint density at radius 2 is 1.62 bits per heavy atom. The fraction of sp³-hybridized carbons (Fsp3) is 0.250. The SMILES string of the molecule is CCOc1ccc(-c2ccc(N3CCN(C(=O)Cc4cccc5ccccc45)CC3)nn2)cc1. The standard InChI is InChI=1S/C28H28N4O2/c1-2-34-24-12-10-22(11-13-24)26-14-15-27(30-29-26)31-16-18-32(19-17-31)28(33)20-23-8-5-7-21-6-3-4-9-25(21)23/h3-15H,2,16-20H2,1H3. The smallest absolute Gasteiger partial charge is 0.227 e. The summed E-state index contributed by atoms with van der Waals surface area (Å²) in [6.07, 6.45) is 0.429. The minimum Gasteiger partial charge on any atom is -0.494 e. The van der Waals surface area contributed by atoms with Crippen molar-refractivity contribution in [3.8, 4) is 17.0 Å². The molecule has 2 heterocycles. The highest BCUT2D eigenvalue weighted by atomic mass is 16.5. The Morgan fingerprint density at radius 1 is 0.853 bits per heavy atom. The summed E-state index contributed by atoms with van der Waals surface area (Å²) in [5.41, 5.74) is 2.92. The molecule has 6 heteroatoms. The number of carbonyl (C=O) groups is 1. The monoisotopic (exact) mass is 452 g/mol. The number of aromatic nitrogens is 2. The van der Waals surface area contributed by atoms with Gasteiger partial charge in [0.2, 0.25) is 5.91 Å². The topological polar surface area (TPSA) is 58.6 Å². The van der Waals surface area contributed by atoms with Crippen LogP contribution in [0.1, 0.15) is 12.5 Å². The van der Waals surface area contributed by atoms with Gasteiger partial charge in [0.15, 0.2) is 5.82 Å². The van der Waals surface area contributed by atoms with Crippen molar-refractivity contribution in [1.29, 1.82) is 0 Å². The molecule has 1 saturated heterocycles. The van der Waals surface area contributed by atoms with Gasteiger partial charge in [0.05, 0.1) is 18.7 Å². The Morgan fingerprint density at radius 3 is 2.35 bits per heavy atom. The molecule has 0 bridgehead atoms. The third kappa shape index (κ3) is 4.71. The van der Waals surface area contributed by atoms with Crippen LogP contribution in [0.4, 0.5) is 5.82 Å². The number of anilines is 1. The Kier molecular flexibility index (Phi) is 6.38. The minimum atomic E-state index is 0.174. The summed E-state index contributed by atoms with van der Waals surface area (Å²) < 4.78 is 5.50. The van der Waals surface area contributed by atoms with Crippen LogP contribution in [0.3, 0.4) is 0 Å². The van der Waals surface area contributed by atoms with Crippen LogP contribution in [0, 0.1) is 0 Å². The Labute approximate surface area is 199 Å². The largest absolute Gasteiger partial charge is 0.494 e. The van der Waals surface area contributed by atoms with Crippen molar-refractivity contribution in [2.24, 2.45) is 0 Å². The molecular weight excluding hydrogens is 424 g/mol. The lowest BCUT2D eigenvalue weighted by molar-refractivity contribution is -0.130. The zero-order valence-electron chi connectivity index (χ0n) is 19.4. The van der Waals surface area contributed by atoms with E-state index in [1.165, 1.54) is 5.39 Å². The van der Waals surface area contributed by atoms with Crippen LogP contribution in [-0.4, -0.2) is 53.8 Å². The summed E-state index contributed by atoms with van der Waals surface area (Å²) in [6, 6.07) is 26.3. The molecule has 1 aromatic heterocycles. The summed E-state index contributed by atoms with van der Waals surface area (Å²) in [6.45, 7) is 5.49. The van der Waals surface area contributed by atoms with E-state index in [0.29, 0.717) is 26.1 Å². The summed E-state index contributed by atoms with van der Waals surface area (Å²) in [4.78, 5) is 17.1. The zero-order valence-corrected chi connectivity index (χ0v) is 19.4. The second-order valence-corrected chi connectivity index (χ2v) is 8.42. The number of rotatable bonds is 6. The normalized spacial score (nSPS) is 13.8. The van der Waals surface area contributed by atoms with Crippen molar-refractivity contribution in [2.45, 2.75) is 13.3 Å². The van der Waals surface area contributed by atoms with Crippen LogP contribution in [0.25, 0.3) is 22.0 Å². The number of hydrogen-bond donors (Lipinski definition) is 0. The first-order chi connectivity index (χ1) is 16.7. The van der Waals surface area contributed by atoms with Gasteiger partial charge in [0.25, 0.3) is 0 Å². The Balaban J connectivity index is 1.19. The van der Waals surface area contributed by atoms with Crippen molar-refractivity contribution < 1.29 is 9.53 Å². The first-order valence-electron chi connectivity index (χ1n) is 11.8. The first-order valence-corrected chi connectivity index (χ1v) is 11.8. The number of nitrogens with zero attached hydrogens (tertiary/aromatic N) is 4. The number of piperazine rings is 1. The van der Waals surface area contributed by atoms with E-state index in [1.54, 1.807) is 0 Å². The molecule has 0 unspecified atom stereocenters.